The Morgan fingerprint density at radius 3 is 0.925 bits per heavy atom. The molecule has 6 heteroatoms. The van der Waals surface area contributed by atoms with Gasteiger partial charge in [0.2, 0.25) is 0 Å². The molecule has 0 spiro atoms. The van der Waals surface area contributed by atoms with E-state index in [0.29, 0.717) is 19.3 Å². The molecule has 0 aromatic heterocycles. The van der Waals surface area contributed by atoms with Crippen LogP contribution in [-0.4, -0.2) is 37.2 Å². The van der Waals surface area contributed by atoms with Gasteiger partial charge in [0.15, 0.2) is 6.10 Å². The molecule has 0 aliphatic heterocycles. The van der Waals surface area contributed by atoms with E-state index in [4.69, 9.17) is 14.2 Å². The quantitative estimate of drug-likeness (QED) is 0.0352. The van der Waals surface area contributed by atoms with E-state index in [1.807, 2.05) is 0 Å². The highest BCUT2D eigenvalue weighted by atomic mass is 16.6. The van der Waals surface area contributed by atoms with E-state index in [2.05, 4.69) is 34.6 Å². The summed E-state index contributed by atoms with van der Waals surface area (Å²) in [5, 5.41) is 0. The highest BCUT2D eigenvalue weighted by Crippen LogP contribution is 2.17. The molecule has 0 heterocycles. The number of esters is 3. The zero-order chi connectivity index (χ0) is 39.0. The third-order valence-corrected chi connectivity index (χ3v) is 10.5. The summed E-state index contributed by atoms with van der Waals surface area (Å²) in [7, 11) is 0. The van der Waals surface area contributed by atoms with Crippen LogP contribution in [0.15, 0.2) is 0 Å². The average molecular weight is 751 g/mol. The molecule has 0 amide bonds. The first-order valence-electron chi connectivity index (χ1n) is 23.2. The maximum Gasteiger partial charge on any atom is 0.306 e. The van der Waals surface area contributed by atoms with E-state index in [0.717, 1.165) is 69.6 Å². The van der Waals surface area contributed by atoms with Crippen molar-refractivity contribution in [3.63, 3.8) is 0 Å². The minimum absolute atomic E-state index is 0.0653. The zero-order valence-electron chi connectivity index (χ0n) is 36.1. The maximum absolute atomic E-state index is 12.7. The Bertz CT molecular complexity index is 809. The van der Waals surface area contributed by atoms with Crippen molar-refractivity contribution < 1.29 is 28.6 Å². The Kier molecular flexibility index (Phi) is 38.9. The molecule has 0 aromatic carbocycles. The van der Waals surface area contributed by atoms with Gasteiger partial charge in [0.25, 0.3) is 0 Å². The standard InChI is InChI=1S/C47H90O6/c1-6-7-8-9-20-27-32-37-45(48)51-40-44(53-47(50)39-34-29-24-19-18-22-26-31-36-43(4)5)41-52-46(49)38-33-28-23-17-15-13-11-10-12-14-16-21-25-30-35-42(2)3/h42-44H,6-41H2,1-5H3/t44-/m1/s1. The Hall–Kier alpha value is -1.59. The van der Waals surface area contributed by atoms with Gasteiger partial charge in [-0.15, -0.1) is 0 Å². The summed E-state index contributed by atoms with van der Waals surface area (Å²) in [6, 6.07) is 0. The lowest BCUT2D eigenvalue weighted by molar-refractivity contribution is -0.167. The number of carbonyl (C=O) groups is 3. The van der Waals surface area contributed by atoms with Gasteiger partial charge in [-0.05, 0) is 31.1 Å². The Labute approximate surface area is 329 Å². The van der Waals surface area contributed by atoms with Crippen LogP contribution in [0, 0.1) is 11.8 Å². The first-order chi connectivity index (χ1) is 25.7. The predicted octanol–water partition coefficient (Wildman–Crippen LogP) is 14.6. The lowest BCUT2D eigenvalue weighted by Crippen LogP contribution is -2.30. The Morgan fingerprint density at radius 2 is 0.623 bits per heavy atom. The lowest BCUT2D eigenvalue weighted by atomic mass is 10.0. The molecular weight excluding hydrogens is 661 g/mol. The largest absolute Gasteiger partial charge is 0.462 e. The summed E-state index contributed by atoms with van der Waals surface area (Å²) in [5.74, 6) is 0.774. The van der Waals surface area contributed by atoms with Crippen LogP contribution in [0.4, 0.5) is 0 Å². The summed E-state index contributed by atoms with van der Waals surface area (Å²) in [5.41, 5.74) is 0. The van der Waals surface area contributed by atoms with E-state index in [-0.39, 0.29) is 31.1 Å². The van der Waals surface area contributed by atoms with Crippen molar-refractivity contribution in [3.8, 4) is 0 Å². The molecule has 0 radical (unpaired) electrons. The molecule has 0 aliphatic carbocycles. The minimum atomic E-state index is -0.759. The fraction of sp³-hybridized carbons (Fsp3) is 0.936. The topological polar surface area (TPSA) is 78.9 Å². The SMILES string of the molecule is CCCCCCCCCC(=O)OC[C@H](COC(=O)CCCCCCCCCCCCCCCCC(C)C)OC(=O)CCCCCCCCCCC(C)C. The number of rotatable bonds is 41. The summed E-state index contributed by atoms with van der Waals surface area (Å²) in [4.78, 5) is 37.6. The van der Waals surface area contributed by atoms with Gasteiger partial charge >= 0.3 is 17.9 Å². The number of ether oxygens (including phenoxy) is 3. The van der Waals surface area contributed by atoms with Crippen molar-refractivity contribution in [3.05, 3.63) is 0 Å². The molecular formula is C47H90O6. The smallest absolute Gasteiger partial charge is 0.306 e. The van der Waals surface area contributed by atoms with E-state index < -0.39 is 6.10 Å². The van der Waals surface area contributed by atoms with Crippen LogP contribution >= 0.6 is 0 Å². The van der Waals surface area contributed by atoms with E-state index in [1.54, 1.807) is 0 Å². The molecule has 314 valence electrons. The van der Waals surface area contributed by atoms with Gasteiger partial charge in [0, 0.05) is 19.3 Å². The van der Waals surface area contributed by atoms with Crippen LogP contribution in [0.3, 0.4) is 0 Å². The highest BCUT2D eigenvalue weighted by Gasteiger charge is 2.19. The molecule has 0 unspecified atom stereocenters. The van der Waals surface area contributed by atoms with E-state index >= 15 is 0 Å². The molecule has 1 atom stereocenters. The second-order valence-electron chi connectivity index (χ2n) is 17.0. The first kappa shape index (κ1) is 51.4. The summed E-state index contributed by atoms with van der Waals surface area (Å²) in [6.07, 6.45) is 38.2. The van der Waals surface area contributed by atoms with Crippen LogP contribution in [0.2, 0.25) is 0 Å². The molecule has 0 saturated carbocycles. The van der Waals surface area contributed by atoms with E-state index in [9.17, 15) is 14.4 Å². The second kappa shape index (κ2) is 40.1. The third-order valence-electron chi connectivity index (χ3n) is 10.5. The van der Waals surface area contributed by atoms with Crippen LogP contribution in [0.1, 0.15) is 253 Å². The van der Waals surface area contributed by atoms with Gasteiger partial charge in [0.05, 0.1) is 0 Å². The van der Waals surface area contributed by atoms with Crippen molar-refractivity contribution in [1.29, 1.82) is 0 Å². The molecule has 0 rings (SSSR count). The van der Waals surface area contributed by atoms with Gasteiger partial charge in [-0.3, -0.25) is 14.4 Å². The summed E-state index contributed by atoms with van der Waals surface area (Å²) in [6.45, 7) is 11.3. The summed E-state index contributed by atoms with van der Waals surface area (Å²) >= 11 is 0. The zero-order valence-corrected chi connectivity index (χ0v) is 36.1. The summed E-state index contributed by atoms with van der Waals surface area (Å²) < 4.78 is 16.7. The fourth-order valence-electron chi connectivity index (χ4n) is 6.93. The predicted molar refractivity (Wildman–Crippen MR) is 224 cm³/mol. The van der Waals surface area contributed by atoms with Crippen LogP contribution in [0.25, 0.3) is 0 Å². The Balaban J connectivity index is 4.21. The number of unbranched alkanes of at least 4 members (excludes halogenated alkanes) is 26. The van der Waals surface area contributed by atoms with Crippen LogP contribution in [0.5, 0.6) is 0 Å². The normalized spacial score (nSPS) is 12.1. The molecule has 0 aromatic rings. The van der Waals surface area contributed by atoms with Gasteiger partial charge < -0.3 is 14.2 Å². The molecule has 0 aliphatic rings. The molecule has 0 saturated heterocycles. The molecule has 53 heavy (non-hydrogen) atoms. The van der Waals surface area contributed by atoms with E-state index in [1.165, 1.54) is 141 Å². The third kappa shape index (κ3) is 41.4. The second-order valence-corrected chi connectivity index (χ2v) is 17.0. The lowest BCUT2D eigenvalue weighted by Gasteiger charge is -2.18. The number of carbonyl (C=O) groups excluding carboxylic acids is 3. The molecule has 0 N–H and O–H groups in total. The monoisotopic (exact) mass is 751 g/mol. The average Bonchev–Trinajstić information content (AvgIpc) is 3.12. The van der Waals surface area contributed by atoms with Crippen molar-refractivity contribution >= 4 is 17.9 Å². The van der Waals surface area contributed by atoms with Gasteiger partial charge in [-0.25, -0.2) is 0 Å². The van der Waals surface area contributed by atoms with Gasteiger partial charge in [-0.1, -0.05) is 214 Å². The molecule has 0 bridgehead atoms. The fourth-order valence-corrected chi connectivity index (χ4v) is 6.93. The number of hydrogen-bond donors (Lipinski definition) is 0. The van der Waals surface area contributed by atoms with Gasteiger partial charge in [-0.2, -0.15) is 0 Å². The van der Waals surface area contributed by atoms with Crippen LogP contribution < -0.4 is 0 Å². The van der Waals surface area contributed by atoms with Gasteiger partial charge in [0.1, 0.15) is 13.2 Å². The first-order valence-corrected chi connectivity index (χ1v) is 23.2. The highest BCUT2D eigenvalue weighted by molar-refractivity contribution is 5.71. The Morgan fingerprint density at radius 1 is 0.358 bits per heavy atom. The molecule has 0 fully saturated rings. The maximum atomic E-state index is 12.7. The number of hydrogen-bond acceptors (Lipinski definition) is 6. The minimum Gasteiger partial charge on any atom is -0.462 e. The van der Waals surface area contributed by atoms with Crippen molar-refractivity contribution in [2.75, 3.05) is 13.2 Å². The van der Waals surface area contributed by atoms with Crippen molar-refractivity contribution in [1.82, 2.24) is 0 Å². The van der Waals surface area contributed by atoms with Crippen LogP contribution in [-0.2, 0) is 28.6 Å². The van der Waals surface area contributed by atoms with Crippen molar-refractivity contribution in [2.45, 2.75) is 259 Å². The molecule has 6 nitrogen and oxygen atoms in total. The van der Waals surface area contributed by atoms with Crippen molar-refractivity contribution in [2.24, 2.45) is 11.8 Å².